The molecule has 2 heteroatoms. The Bertz CT molecular complexity index is 747. The van der Waals surface area contributed by atoms with E-state index in [-0.39, 0.29) is 6.37 Å². The summed E-state index contributed by atoms with van der Waals surface area (Å²) in [5, 5.41) is 0. The van der Waals surface area contributed by atoms with Gasteiger partial charge < -0.3 is 4.42 Å². The zero-order valence-electron chi connectivity index (χ0n) is 12.1. The van der Waals surface area contributed by atoms with Crippen LogP contribution in [0.5, 0.6) is 0 Å². The second-order valence-electron chi connectivity index (χ2n) is 4.60. The molecular weight excluding hydrogens is 234 g/mol. The molecular formula is C17H16NO+. The van der Waals surface area contributed by atoms with Crippen molar-refractivity contribution < 1.29 is 10.4 Å². The maximum atomic E-state index is 8.11. The predicted molar refractivity (Wildman–Crippen MR) is 75.2 cm³/mol. The molecule has 0 bridgehead atoms. The monoisotopic (exact) mass is 251 g/mol. The lowest BCUT2D eigenvalue weighted by atomic mass is 10.1. The summed E-state index contributed by atoms with van der Waals surface area (Å²) in [4.78, 5) is 0. The number of aryl methyl sites for hydroxylation is 1. The Morgan fingerprint density at radius 1 is 0.947 bits per heavy atom. The average Bonchev–Trinajstić information content (AvgIpc) is 2.76. The van der Waals surface area contributed by atoms with E-state index in [1.165, 1.54) is 0 Å². The fraction of sp³-hybridized carbons (Fsp3) is 0.118. The zero-order valence-corrected chi connectivity index (χ0v) is 11.1. The summed E-state index contributed by atoms with van der Waals surface area (Å²) < 4.78 is 15.6. The van der Waals surface area contributed by atoms with Gasteiger partial charge in [-0.1, -0.05) is 48.5 Å². The van der Waals surface area contributed by atoms with E-state index in [1.54, 1.807) is 0 Å². The van der Waals surface area contributed by atoms with Crippen LogP contribution in [-0.2, 0) is 0 Å². The second-order valence-corrected chi connectivity index (χ2v) is 4.60. The third kappa shape index (κ3) is 2.06. The van der Waals surface area contributed by atoms with Crippen LogP contribution in [0.15, 0.2) is 65.4 Å². The van der Waals surface area contributed by atoms with Crippen LogP contribution in [0.25, 0.3) is 17.0 Å². The van der Waals surface area contributed by atoms with Gasteiger partial charge in [-0.3, -0.25) is 0 Å². The predicted octanol–water partition coefficient (Wildman–Crippen LogP) is 3.84. The van der Waals surface area contributed by atoms with E-state index in [0.29, 0.717) is 0 Å². The molecule has 0 amide bonds. The van der Waals surface area contributed by atoms with Crippen LogP contribution < -0.4 is 4.57 Å². The molecule has 0 saturated heterocycles. The fourth-order valence-electron chi connectivity index (χ4n) is 2.24. The van der Waals surface area contributed by atoms with Crippen LogP contribution in [0.4, 0.5) is 0 Å². The van der Waals surface area contributed by atoms with Crippen molar-refractivity contribution in [2.45, 2.75) is 13.8 Å². The molecule has 1 aromatic heterocycles. The van der Waals surface area contributed by atoms with E-state index in [0.717, 1.165) is 28.3 Å². The van der Waals surface area contributed by atoms with Gasteiger partial charge in [-0.2, -0.15) is 0 Å². The number of benzene rings is 2. The number of hydrogen-bond acceptors (Lipinski definition) is 1. The highest BCUT2D eigenvalue weighted by atomic mass is 16.3. The van der Waals surface area contributed by atoms with Crippen LogP contribution in [-0.4, -0.2) is 0 Å². The molecule has 0 spiro atoms. The second kappa shape index (κ2) is 4.73. The van der Waals surface area contributed by atoms with Gasteiger partial charge in [0.25, 0.3) is 0 Å². The summed E-state index contributed by atoms with van der Waals surface area (Å²) >= 11 is 0. The minimum Gasteiger partial charge on any atom is -0.403 e. The smallest absolute Gasteiger partial charge is 0.341 e. The van der Waals surface area contributed by atoms with Crippen LogP contribution >= 0.6 is 0 Å². The molecule has 94 valence electrons. The van der Waals surface area contributed by atoms with Gasteiger partial charge >= 0.3 is 6.37 Å². The SMILES string of the molecule is [2H]c1oc(-c2ccccc2)c(C)[n+]1-c1ccccc1C. The Morgan fingerprint density at radius 3 is 2.37 bits per heavy atom. The minimum absolute atomic E-state index is 0.149. The van der Waals surface area contributed by atoms with Crippen molar-refractivity contribution in [2.75, 3.05) is 0 Å². The van der Waals surface area contributed by atoms with Gasteiger partial charge in [-0.15, -0.1) is 4.57 Å². The van der Waals surface area contributed by atoms with Crippen molar-refractivity contribution in [1.82, 2.24) is 0 Å². The van der Waals surface area contributed by atoms with Crippen molar-refractivity contribution in [3.63, 3.8) is 0 Å². The van der Waals surface area contributed by atoms with Gasteiger partial charge in [0, 0.05) is 24.1 Å². The van der Waals surface area contributed by atoms with E-state index in [9.17, 15) is 0 Å². The lowest BCUT2D eigenvalue weighted by Gasteiger charge is -1.98. The van der Waals surface area contributed by atoms with E-state index < -0.39 is 0 Å². The molecule has 3 rings (SSSR count). The summed E-state index contributed by atoms with van der Waals surface area (Å²) in [5.74, 6) is 0.749. The first kappa shape index (κ1) is 10.6. The molecule has 0 aliphatic rings. The third-order valence-corrected chi connectivity index (χ3v) is 3.30. The maximum absolute atomic E-state index is 8.11. The van der Waals surface area contributed by atoms with Crippen LogP contribution in [0.1, 0.15) is 12.6 Å². The molecule has 2 nitrogen and oxygen atoms in total. The van der Waals surface area contributed by atoms with Gasteiger partial charge in [0.1, 0.15) is 0 Å². The summed E-state index contributed by atoms with van der Waals surface area (Å²) in [6.07, 6.45) is 0.149. The highest BCUT2D eigenvalue weighted by molar-refractivity contribution is 5.58. The van der Waals surface area contributed by atoms with Gasteiger partial charge in [-0.05, 0) is 6.92 Å². The summed E-state index contributed by atoms with van der Waals surface area (Å²) in [7, 11) is 0. The van der Waals surface area contributed by atoms with Crippen LogP contribution in [0.3, 0.4) is 0 Å². The summed E-state index contributed by atoms with van der Waals surface area (Å²) in [6.45, 7) is 4.02. The van der Waals surface area contributed by atoms with E-state index in [2.05, 4.69) is 0 Å². The van der Waals surface area contributed by atoms with Gasteiger partial charge in [-0.25, -0.2) is 0 Å². The van der Waals surface area contributed by atoms with E-state index in [4.69, 9.17) is 5.79 Å². The number of nitrogens with zero attached hydrogens (tertiary/aromatic N) is 1. The molecule has 1 heterocycles. The lowest BCUT2D eigenvalue weighted by Crippen LogP contribution is -2.32. The molecule has 0 radical (unpaired) electrons. The number of para-hydroxylation sites is 1. The van der Waals surface area contributed by atoms with Crippen molar-refractivity contribution in [3.05, 3.63) is 72.2 Å². The van der Waals surface area contributed by atoms with Crippen LogP contribution in [0, 0.1) is 13.8 Å². The molecule has 0 aliphatic heterocycles. The Labute approximate surface area is 114 Å². The summed E-state index contributed by atoms with van der Waals surface area (Å²) in [5.41, 5.74) is 4.04. The maximum Gasteiger partial charge on any atom is 0.341 e. The number of aromatic nitrogens is 1. The van der Waals surface area contributed by atoms with Crippen molar-refractivity contribution >= 4 is 0 Å². The minimum atomic E-state index is 0.149. The first-order valence-electron chi connectivity index (χ1n) is 6.82. The third-order valence-electron chi connectivity index (χ3n) is 3.30. The first-order valence-corrected chi connectivity index (χ1v) is 6.32. The number of hydrogen-bond donors (Lipinski definition) is 0. The van der Waals surface area contributed by atoms with Crippen molar-refractivity contribution in [3.8, 4) is 17.0 Å². The quantitative estimate of drug-likeness (QED) is 0.632. The largest absolute Gasteiger partial charge is 0.403 e. The average molecular weight is 251 g/mol. The fourth-order valence-corrected chi connectivity index (χ4v) is 2.24. The van der Waals surface area contributed by atoms with Crippen LogP contribution in [0.2, 0.25) is 0 Å². The molecule has 0 aliphatic carbocycles. The van der Waals surface area contributed by atoms with Crippen molar-refractivity contribution in [2.24, 2.45) is 0 Å². The normalized spacial score (nSPS) is 11.4. The Balaban J connectivity index is 2.20. The Hall–Kier alpha value is -2.35. The van der Waals surface area contributed by atoms with E-state index in [1.807, 2.05) is 73.0 Å². The number of oxazole rings is 1. The molecule has 0 fully saturated rings. The molecule has 0 unspecified atom stereocenters. The first-order chi connectivity index (χ1) is 9.68. The van der Waals surface area contributed by atoms with Gasteiger partial charge in [0.05, 0.1) is 0 Å². The van der Waals surface area contributed by atoms with Gasteiger partial charge in [0.15, 0.2) is 1.37 Å². The zero-order chi connectivity index (χ0) is 14.1. The van der Waals surface area contributed by atoms with E-state index >= 15 is 0 Å². The highest BCUT2D eigenvalue weighted by Crippen LogP contribution is 2.22. The molecule has 0 atom stereocenters. The molecule has 0 N–H and O–H groups in total. The Morgan fingerprint density at radius 2 is 1.63 bits per heavy atom. The molecule has 2 aromatic carbocycles. The van der Waals surface area contributed by atoms with Crippen molar-refractivity contribution in [1.29, 1.82) is 0 Å². The summed E-state index contributed by atoms with van der Waals surface area (Å²) in [6, 6.07) is 17.9. The standard InChI is InChI=1S/C17H16NO/c1-13-8-6-7-11-16(13)18-12-19-17(14(18)2)15-9-4-3-5-10-15/h3-12H,1-2H3/q+1/i12D. The lowest BCUT2D eigenvalue weighted by molar-refractivity contribution is -0.606. The highest BCUT2D eigenvalue weighted by Gasteiger charge is 2.21. The molecule has 0 saturated carbocycles. The van der Waals surface area contributed by atoms with Gasteiger partial charge in [0.2, 0.25) is 17.1 Å². The topological polar surface area (TPSA) is 17.0 Å². The number of rotatable bonds is 2. The molecule has 19 heavy (non-hydrogen) atoms. The Kier molecular flexibility index (Phi) is 2.63. The molecule has 3 aromatic rings.